The summed E-state index contributed by atoms with van der Waals surface area (Å²) in [5.41, 5.74) is 2.91. The number of halogens is 1. The molecule has 2 rings (SSSR count). The Morgan fingerprint density at radius 1 is 1.00 bits per heavy atom. The summed E-state index contributed by atoms with van der Waals surface area (Å²) in [5, 5.41) is 0.567. The van der Waals surface area contributed by atoms with Crippen LogP contribution in [0.1, 0.15) is 16.7 Å². The summed E-state index contributed by atoms with van der Waals surface area (Å²) in [6.07, 6.45) is 0. The van der Waals surface area contributed by atoms with Gasteiger partial charge in [-0.2, -0.15) is 0 Å². The van der Waals surface area contributed by atoms with Crippen molar-refractivity contribution >= 4 is 27.3 Å². The van der Waals surface area contributed by atoms with Crippen LogP contribution in [0.25, 0.3) is 0 Å². The molecule has 2 aromatic rings. The van der Waals surface area contributed by atoms with Crippen molar-refractivity contribution in [3.63, 3.8) is 0 Å². The molecule has 0 aliphatic carbocycles. The predicted molar refractivity (Wildman–Crippen MR) is 82.9 cm³/mol. The summed E-state index contributed by atoms with van der Waals surface area (Å²) >= 11 is 6.00. The van der Waals surface area contributed by atoms with E-state index in [1.165, 1.54) is 0 Å². The Hall–Kier alpha value is -1.52. The maximum absolute atomic E-state index is 12.4. The van der Waals surface area contributed by atoms with Crippen molar-refractivity contribution in [2.24, 2.45) is 0 Å². The Labute approximate surface area is 124 Å². The van der Waals surface area contributed by atoms with Gasteiger partial charge in [0.2, 0.25) is 0 Å². The van der Waals surface area contributed by atoms with Gasteiger partial charge in [-0.05, 0) is 61.7 Å². The van der Waals surface area contributed by atoms with Crippen LogP contribution >= 0.6 is 11.6 Å². The molecule has 0 radical (unpaired) electrons. The van der Waals surface area contributed by atoms with Gasteiger partial charge in [-0.25, -0.2) is 8.42 Å². The van der Waals surface area contributed by atoms with Crippen LogP contribution in [0.2, 0.25) is 5.02 Å². The number of aryl methyl sites for hydroxylation is 3. The predicted octanol–water partition coefficient (Wildman–Crippen LogP) is 4.07. The number of nitrogens with one attached hydrogen (secondary N) is 1. The first-order chi connectivity index (χ1) is 9.29. The average Bonchev–Trinajstić information content (AvgIpc) is 2.33. The molecule has 0 aliphatic rings. The molecule has 0 aromatic heterocycles. The number of anilines is 1. The molecule has 2 aromatic carbocycles. The van der Waals surface area contributed by atoms with Gasteiger partial charge in [0.05, 0.1) is 4.90 Å². The standard InChI is InChI=1S/C15H16ClNO2S/c1-10-5-4-6-13(7-10)17-20(18,19)15-9-11(2)14(16)8-12(15)3/h4-9,17H,1-3H3. The van der Waals surface area contributed by atoms with E-state index in [-0.39, 0.29) is 4.90 Å². The van der Waals surface area contributed by atoms with Crippen LogP contribution in [-0.4, -0.2) is 8.42 Å². The van der Waals surface area contributed by atoms with Crippen molar-refractivity contribution in [3.05, 3.63) is 58.1 Å². The molecule has 5 heteroatoms. The number of benzene rings is 2. The molecule has 0 amide bonds. The molecule has 20 heavy (non-hydrogen) atoms. The minimum atomic E-state index is -3.61. The van der Waals surface area contributed by atoms with E-state index in [0.29, 0.717) is 16.3 Å². The zero-order chi connectivity index (χ0) is 14.9. The van der Waals surface area contributed by atoms with Crippen LogP contribution < -0.4 is 4.72 Å². The van der Waals surface area contributed by atoms with Crippen molar-refractivity contribution in [1.82, 2.24) is 0 Å². The Morgan fingerprint density at radius 2 is 1.70 bits per heavy atom. The van der Waals surface area contributed by atoms with E-state index in [2.05, 4.69) is 4.72 Å². The quantitative estimate of drug-likeness (QED) is 0.929. The molecule has 0 saturated heterocycles. The molecule has 0 heterocycles. The third kappa shape index (κ3) is 3.14. The molecule has 0 bridgehead atoms. The van der Waals surface area contributed by atoms with Crippen molar-refractivity contribution in [3.8, 4) is 0 Å². The number of hydrogen-bond acceptors (Lipinski definition) is 2. The van der Waals surface area contributed by atoms with Gasteiger partial charge in [-0.3, -0.25) is 4.72 Å². The first-order valence-corrected chi connectivity index (χ1v) is 8.02. The van der Waals surface area contributed by atoms with Crippen LogP contribution in [0, 0.1) is 20.8 Å². The molecule has 0 unspecified atom stereocenters. The maximum Gasteiger partial charge on any atom is 0.262 e. The second-order valence-electron chi connectivity index (χ2n) is 4.84. The highest BCUT2D eigenvalue weighted by Crippen LogP contribution is 2.25. The fourth-order valence-electron chi connectivity index (χ4n) is 1.96. The highest BCUT2D eigenvalue weighted by Gasteiger charge is 2.18. The summed E-state index contributed by atoms with van der Waals surface area (Å²) in [5.74, 6) is 0. The first-order valence-electron chi connectivity index (χ1n) is 6.16. The van der Waals surface area contributed by atoms with Gasteiger partial charge < -0.3 is 0 Å². The molecule has 0 fully saturated rings. The lowest BCUT2D eigenvalue weighted by molar-refractivity contribution is 0.600. The molecule has 0 saturated carbocycles. The van der Waals surface area contributed by atoms with Crippen LogP contribution in [-0.2, 0) is 10.0 Å². The van der Waals surface area contributed by atoms with E-state index in [1.54, 1.807) is 38.1 Å². The Balaban J connectivity index is 2.43. The van der Waals surface area contributed by atoms with Crippen LogP contribution in [0.15, 0.2) is 41.3 Å². The lowest BCUT2D eigenvalue weighted by Gasteiger charge is -2.12. The van der Waals surface area contributed by atoms with E-state index in [0.717, 1.165) is 11.1 Å². The molecular formula is C15H16ClNO2S. The van der Waals surface area contributed by atoms with Crippen molar-refractivity contribution in [2.45, 2.75) is 25.7 Å². The van der Waals surface area contributed by atoms with E-state index in [4.69, 9.17) is 11.6 Å². The summed E-state index contributed by atoms with van der Waals surface area (Å²) in [7, 11) is -3.61. The highest BCUT2D eigenvalue weighted by atomic mass is 35.5. The van der Waals surface area contributed by atoms with E-state index >= 15 is 0 Å². The molecule has 106 valence electrons. The second-order valence-corrected chi connectivity index (χ2v) is 6.90. The third-order valence-corrected chi connectivity index (χ3v) is 4.95. The van der Waals surface area contributed by atoms with Crippen molar-refractivity contribution in [1.29, 1.82) is 0 Å². The monoisotopic (exact) mass is 309 g/mol. The lowest BCUT2D eigenvalue weighted by Crippen LogP contribution is -2.14. The zero-order valence-corrected chi connectivity index (χ0v) is 13.1. The molecule has 1 N–H and O–H groups in total. The van der Waals surface area contributed by atoms with Gasteiger partial charge in [0.25, 0.3) is 10.0 Å². The van der Waals surface area contributed by atoms with Crippen LogP contribution in [0.4, 0.5) is 5.69 Å². The van der Waals surface area contributed by atoms with Crippen LogP contribution in [0.3, 0.4) is 0 Å². The zero-order valence-electron chi connectivity index (χ0n) is 11.6. The molecular weight excluding hydrogens is 294 g/mol. The number of sulfonamides is 1. The van der Waals surface area contributed by atoms with Gasteiger partial charge in [0, 0.05) is 10.7 Å². The Bertz CT molecular complexity index is 754. The molecule has 0 atom stereocenters. The topological polar surface area (TPSA) is 46.2 Å². The van der Waals surface area contributed by atoms with Gasteiger partial charge >= 0.3 is 0 Å². The summed E-state index contributed by atoms with van der Waals surface area (Å²) in [6, 6.07) is 10.5. The smallest absolute Gasteiger partial charge is 0.262 e. The van der Waals surface area contributed by atoms with E-state index < -0.39 is 10.0 Å². The highest BCUT2D eigenvalue weighted by molar-refractivity contribution is 7.92. The fraction of sp³-hybridized carbons (Fsp3) is 0.200. The molecule has 0 aliphatic heterocycles. The van der Waals surface area contributed by atoms with Crippen molar-refractivity contribution < 1.29 is 8.42 Å². The van der Waals surface area contributed by atoms with Gasteiger partial charge in [0.15, 0.2) is 0 Å². The minimum absolute atomic E-state index is 0.251. The normalized spacial score (nSPS) is 11.4. The lowest BCUT2D eigenvalue weighted by atomic mass is 10.2. The van der Waals surface area contributed by atoms with Crippen LogP contribution in [0.5, 0.6) is 0 Å². The van der Waals surface area contributed by atoms with Gasteiger partial charge in [-0.15, -0.1) is 0 Å². The van der Waals surface area contributed by atoms with Gasteiger partial charge in [-0.1, -0.05) is 23.7 Å². The Kier molecular flexibility index (Phi) is 4.06. The average molecular weight is 310 g/mol. The van der Waals surface area contributed by atoms with Gasteiger partial charge in [0.1, 0.15) is 0 Å². The SMILES string of the molecule is Cc1cccc(NS(=O)(=O)c2cc(C)c(Cl)cc2C)c1. The first kappa shape index (κ1) is 14.9. The fourth-order valence-corrected chi connectivity index (χ4v) is 3.54. The van der Waals surface area contributed by atoms with Crippen molar-refractivity contribution in [2.75, 3.05) is 4.72 Å². The Morgan fingerprint density at radius 3 is 2.35 bits per heavy atom. The summed E-state index contributed by atoms with van der Waals surface area (Å²) < 4.78 is 27.5. The number of rotatable bonds is 3. The second kappa shape index (κ2) is 5.46. The maximum atomic E-state index is 12.4. The largest absolute Gasteiger partial charge is 0.280 e. The summed E-state index contributed by atoms with van der Waals surface area (Å²) in [4.78, 5) is 0.251. The molecule has 0 spiro atoms. The molecule has 3 nitrogen and oxygen atoms in total. The minimum Gasteiger partial charge on any atom is -0.280 e. The van der Waals surface area contributed by atoms with E-state index in [9.17, 15) is 8.42 Å². The number of hydrogen-bond donors (Lipinski definition) is 1. The third-order valence-electron chi connectivity index (χ3n) is 3.02. The van der Waals surface area contributed by atoms with E-state index in [1.807, 2.05) is 19.1 Å². The summed E-state index contributed by atoms with van der Waals surface area (Å²) in [6.45, 7) is 5.43.